The van der Waals surface area contributed by atoms with Gasteiger partial charge in [0.05, 0.1) is 6.61 Å². The Balaban J connectivity index is 1.06. The second-order valence-electron chi connectivity index (χ2n) is 12.6. The van der Waals surface area contributed by atoms with Gasteiger partial charge in [-0.15, -0.1) is 0 Å². The summed E-state index contributed by atoms with van der Waals surface area (Å²) in [5.41, 5.74) is 1.26. The van der Waals surface area contributed by atoms with Gasteiger partial charge in [-0.2, -0.15) is 0 Å². The van der Waals surface area contributed by atoms with Gasteiger partial charge in [0.1, 0.15) is 11.6 Å². The number of hydrogen-bond donors (Lipinski definition) is 4. The molecule has 4 aliphatic rings. The van der Waals surface area contributed by atoms with Gasteiger partial charge in [0.25, 0.3) is 0 Å². The van der Waals surface area contributed by atoms with Crippen molar-refractivity contribution in [2.75, 3.05) is 59.1 Å². The third-order valence-corrected chi connectivity index (χ3v) is 9.19. The van der Waals surface area contributed by atoms with Crippen LogP contribution in [-0.4, -0.2) is 97.0 Å². The number of rotatable bonds is 16. The normalized spacial score (nSPS) is 25.5. The minimum Gasteiger partial charge on any atom is -0.494 e. The van der Waals surface area contributed by atoms with Crippen LogP contribution in [0.4, 0.5) is 4.39 Å². The Kier molecular flexibility index (Phi) is 12.4. The number of carbonyl (C=O) groups excluding carboxylic acids is 1. The fraction of sp³-hybridized carbons (Fsp3) is 0.750. The molecule has 1 amide bonds. The molecule has 10 heteroatoms. The zero-order valence-corrected chi connectivity index (χ0v) is 25.6. The summed E-state index contributed by atoms with van der Waals surface area (Å²) in [4.78, 5) is 21.7. The highest BCUT2D eigenvalue weighted by molar-refractivity contribution is 5.79. The molecule has 4 N–H and O–H groups in total. The molecular weight excluding hydrogens is 537 g/mol. The van der Waals surface area contributed by atoms with E-state index in [0.29, 0.717) is 50.3 Å². The van der Waals surface area contributed by atoms with Crippen molar-refractivity contribution in [3.05, 3.63) is 35.5 Å². The Hall–Kier alpha value is -2.27. The quantitative estimate of drug-likeness (QED) is 0.205. The van der Waals surface area contributed by atoms with E-state index in [0.717, 1.165) is 58.2 Å². The predicted molar refractivity (Wildman–Crippen MR) is 163 cm³/mol. The molecule has 0 bridgehead atoms. The molecule has 236 valence electrons. The number of likely N-dealkylation sites (tertiary alicyclic amines) is 2. The predicted octanol–water partition coefficient (Wildman–Crippen LogP) is 3.32. The number of piperidine rings is 1. The van der Waals surface area contributed by atoms with Crippen LogP contribution in [0.5, 0.6) is 0 Å². The summed E-state index contributed by atoms with van der Waals surface area (Å²) in [7, 11) is 0. The number of nitrogens with zero attached hydrogens (tertiary/aromatic N) is 3. The van der Waals surface area contributed by atoms with E-state index in [1.54, 1.807) is 4.90 Å². The van der Waals surface area contributed by atoms with E-state index < -0.39 is 5.92 Å². The topological polar surface area (TPSA) is 110 Å². The summed E-state index contributed by atoms with van der Waals surface area (Å²) in [5.74, 6) is 0.406. The summed E-state index contributed by atoms with van der Waals surface area (Å²) < 4.78 is 20.7. The number of allylic oxidation sites excluding steroid dienone is 4. The lowest BCUT2D eigenvalue weighted by atomic mass is 9.91. The van der Waals surface area contributed by atoms with Gasteiger partial charge in [-0.1, -0.05) is 13.3 Å². The Morgan fingerprint density at radius 2 is 2.02 bits per heavy atom. The van der Waals surface area contributed by atoms with E-state index in [1.807, 2.05) is 12.3 Å². The number of aliphatic hydroxyl groups excluding tert-OH is 2. The lowest BCUT2D eigenvalue weighted by molar-refractivity contribution is -0.138. The maximum atomic E-state index is 14.8. The van der Waals surface area contributed by atoms with Gasteiger partial charge >= 0.3 is 0 Å². The fourth-order valence-electron chi connectivity index (χ4n) is 6.22. The molecule has 0 saturated carbocycles. The Bertz CT molecular complexity index is 999. The average Bonchev–Trinajstić information content (AvgIpc) is 2.97. The molecule has 4 rings (SSSR count). The first kappa shape index (κ1) is 32.6. The smallest absolute Gasteiger partial charge is 0.223 e. The number of nitrogens with one attached hydrogen (secondary N) is 2. The minimum absolute atomic E-state index is 0.00928. The van der Waals surface area contributed by atoms with Gasteiger partial charge in [0, 0.05) is 95.1 Å². The van der Waals surface area contributed by atoms with Crippen LogP contribution in [-0.2, 0) is 9.53 Å². The summed E-state index contributed by atoms with van der Waals surface area (Å²) >= 11 is 0. The summed E-state index contributed by atoms with van der Waals surface area (Å²) in [6.45, 7) is 9.48. The SMILES string of the molecule is CCCC1=CNC(C)(N2CCC(CCCOC3=CCC(CC(=O)N4CC(CNCC(CO)CO)C4)C(F)=C3)CC2)N=C1. The van der Waals surface area contributed by atoms with Gasteiger partial charge in [0.2, 0.25) is 5.91 Å². The van der Waals surface area contributed by atoms with Gasteiger partial charge in [-0.25, -0.2) is 4.39 Å². The average molecular weight is 590 g/mol. The van der Waals surface area contributed by atoms with Crippen LogP contribution in [0.2, 0.25) is 0 Å². The molecule has 0 radical (unpaired) electrons. The van der Waals surface area contributed by atoms with Crippen LogP contribution >= 0.6 is 0 Å². The highest BCUT2D eigenvalue weighted by Crippen LogP contribution is 2.31. The second-order valence-corrected chi connectivity index (χ2v) is 12.6. The van der Waals surface area contributed by atoms with Crippen molar-refractivity contribution in [2.24, 2.45) is 28.7 Å². The third kappa shape index (κ3) is 9.11. The number of hydrogen-bond acceptors (Lipinski definition) is 8. The van der Waals surface area contributed by atoms with Crippen LogP contribution in [0, 0.1) is 23.7 Å². The number of aliphatic hydroxyl groups is 2. The molecule has 2 fully saturated rings. The maximum Gasteiger partial charge on any atom is 0.223 e. The fourth-order valence-corrected chi connectivity index (χ4v) is 6.22. The third-order valence-electron chi connectivity index (χ3n) is 9.19. The molecule has 0 aromatic carbocycles. The van der Waals surface area contributed by atoms with Crippen LogP contribution in [0.25, 0.3) is 0 Å². The van der Waals surface area contributed by atoms with Gasteiger partial charge in [0.15, 0.2) is 5.79 Å². The first-order valence-corrected chi connectivity index (χ1v) is 16.0. The van der Waals surface area contributed by atoms with Crippen molar-refractivity contribution in [1.29, 1.82) is 0 Å². The minimum atomic E-state index is -0.416. The van der Waals surface area contributed by atoms with Gasteiger partial charge in [-0.05, 0) is 63.0 Å². The number of carbonyl (C=O) groups is 1. The second kappa shape index (κ2) is 16.0. The van der Waals surface area contributed by atoms with Crippen LogP contribution in [0.3, 0.4) is 0 Å². The Morgan fingerprint density at radius 1 is 1.26 bits per heavy atom. The van der Waals surface area contributed by atoms with Crippen LogP contribution in [0.15, 0.2) is 40.5 Å². The zero-order chi connectivity index (χ0) is 30.0. The standard InChI is InChI=1S/C32H52FN5O4/c1-3-5-25-18-35-32(2,36-19-25)38-11-9-24(10-12-38)6-4-13-42-29-8-7-28(30(33)15-29)14-31(41)37-20-26(21-37)16-34-17-27(22-39)23-40/h8,15,18-19,24,26-28,34-35,39-40H,3-7,9-14,16-17,20-23H2,1-2H3. The lowest BCUT2D eigenvalue weighted by Gasteiger charge is -2.43. The maximum absolute atomic E-state index is 14.8. The van der Waals surface area contributed by atoms with Crippen LogP contribution < -0.4 is 10.6 Å². The zero-order valence-electron chi connectivity index (χ0n) is 25.6. The molecule has 1 aliphatic carbocycles. The van der Waals surface area contributed by atoms with Gasteiger partial charge < -0.3 is 30.5 Å². The number of aliphatic imine (C=N–C) groups is 1. The van der Waals surface area contributed by atoms with E-state index in [1.165, 1.54) is 11.6 Å². The molecule has 42 heavy (non-hydrogen) atoms. The lowest BCUT2D eigenvalue weighted by Crippen LogP contribution is -2.57. The Morgan fingerprint density at radius 3 is 2.67 bits per heavy atom. The summed E-state index contributed by atoms with van der Waals surface area (Å²) in [6, 6.07) is 0. The Labute approximate surface area is 251 Å². The molecule has 2 saturated heterocycles. The van der Waals surface area contributed by atoms with E-state index in [9.17, 15) is 9.18 Å². The van der Waals surface area contributed by atoms with Gasteiger partial charge in [-0.3, -0.25) is 14.7 Å². The van der Waals surface area contributed by atoms with E-state index >= 15 is 0 Å². The molecule has 3 heterocycles. The van der Waals surface area contributed by atoms with E-state index in [4.69, 9.17) is 19.9 Å². The van der Waals surface area contributed by atoms with E-state index in [2.05, 4.69) is 35.6 Å². The molecule has 3 aliphatic heterocycles. The molecular formula is C32H52FN5O4. The molecule has 2 atom stereocenters. The number of ether oxygens (including phenoxy) is 1. The number of amides is 1. The molecule has 9 nitrogen and oxygen atoms in total. The van der Waals surface area contributed by atoms with Crippen molar-refractivity contribution >= 4 is 12.1 Å². The van der Waals surface area contributed by atoms with Crippen molar-refractivity contribution in [3.63, 3.8) is 0 Å². The summed E-state index contributed by atoms with van der Waals surface area (Å²) in [6.07, 6.45) is 14.7. The van der Waals surface area contributed by atoms with Crippen LogP contribution in [0.1, 0.15) is 65.2 Å². The molecule has 2 unspecified atom stereocenters. The number of halogens is 1. The summed E-state index contributed by atoms with van der Waals surface area (Å²) in [5, 5.41) is 25.0. The molecule has 0 aromatic heterocycles. The molecule has 0 aromatic rings. The van der Waals surface area contributed by atoms with Crippen molar-refractivity contribution in [2.45, 2.75) is 71.0 Å². The van der Waals surface area contributed by atoms with Crippen molar-refractivity contribution < 1.29 is 24.1 Å². The monoisotopic (exact) mass is 589 g/mol. The highest BCUT2D eigenvalue weighted by atomic mass is 19.1. The largest absolute Gasteiger partial charge is 0.494 e. The van der Waals surface area contributed by atoms with Crippen molar-refractivity contribution in [1.82, 2.24) is 20.4 Å². The first-order chi connectivity index (χ1) is 20.3. The van der Waals surface area contributed by atoms with E-state index in [-0.39, 0.29) is 43.1 Å². The first-order valence-electron chi connectivity index (χ1n) is 16.0. The highest BCUT2D eigenvalue weighted by Gasteiger charge is 2.35. The molecule has 0 spiro atoms. The van der Waals surface area contributed by atoms with Crippen molar-refractivity contribution in [3.8, 4) is 0 Å².